The van der Waals surface area contributed by atoms with E-state index in [1.807, 2.05) is 6.07 Å². The molecule has 2 bridgehead atoms. The second-order valence-corrected chi connectivity index (χ2v) is 5.74. The molecule has 0 aromatic heterocycles. The molecular formula is C14H18ClFN2O. The fourth-order valence-corrected chi connectivity index (χ4v) is 3.23. The van der Waals surface area contributed by atoms with Crippen LogP contribution in [0.3, 0.4) is 0 Å². The molecule has 2 N–H and O–H groups in total. The third-order valence-corrected chi connectivity index (χ3v) is 4.37. The number of benzene rings is 1. The van der Waals surface area contributed by atoms with E-state index in [1.54, 1.807) is 6.07 Å². The first kappa shape index (κ1) is 13.3. The number of hydrogen-bond donors (Lipinski definition) is 1. The third-order valence-electron chi connectivity index (χ3n) is 4.06. The summed E-state index contributed by atoms with van der Waals surface area (Å²) in [5.41, 5.74) is 6.79. The summed E-state index contributed by atoms with van der Waals surface area (Å²) in [5, 5.41) is 0.154. The van der Waals surface area contributed by atoms with Crippen molar-refractivity contribution in [2.45, 2.75) is 31.1 Å². The number of morpholine rings is 1. The maximum atomic E-state index is 13.6. The van der Waals surface area contributed by atoms with Crippen LogP contribution in [-0.2, 0) is 4.74 Å². The van der Waals surface area contributed by atoms with Crippen molar-refractivity contribution < 1.29 is 9.13 Å². The SMILES string of the molecule is NCC(c1ccc(Cl)c(F)c1)N1CC2CCC(C1)O2. The Kier molecular flexibility index (Phi) is 3.76. The van der Waals surface area contributed by atoms with Crippen LogP contribution >= 0.6 is 11.6 Å². The molecule has 19 heavy (non-hydrogen) atoms. The van der Waals surface area contributed by atoms with E-state index < -0.39 is 0 Å². The first-order chi connectivity index (χ1) is 9.17. The number of likely N-dealkylation sites (tertiary alicyclic amines) is 1. The minimum absolute atomic E-state index is 0.0405. The molecule has 2 heterocycles. The number of nitrogens with two attached hydrogens (primary N) is 1. The Hall–Kier alpha value is -0.680. The van der Waals surface area contributed by atoms with Gasteiger partial charge in [-0.05, 0) is 30.5 Å². The van der Waals surface area contributed by atoms with Gasteiger partial charge in [0.2, 0.25) is 0 Å². The van der Waals surface area contributed by atoms with Gasteiger partial charge in [-0.1, -0.05) is 17.7 Å². The van der Waals surface area contributed by atoms with Gasteiger partial charge in [0.05, 0.1) is 17.2 Å². The zero-order valence-corrected chi connectivity index (χ0v) is 11.4. The molecule has 3 atom stereocenters. The molecule has 2 aliphatic heterocycles. The first-order valence-electron chi connectivity index (χ1n) is 6.72. The van der Waals surface area contributed by atoms with E-state index >= 15 is 0 Å². The van der Waals surface area contributed by atoms with Gasteiger partial charge in [-0.2, -0.15) is 0 Å². The fourth-order valence-electron chi connectivity index (χ4n) is 3.12. The van der Waals surface area contributed by atoms with Gasteiger partial charge < -0.3 is 10.5 Å². The van der Waals surface area contributed by atoms with E-state index in [1.165, 1.54) is 6.07 Å². The second kappa shape index (κ2) is 5.37. The maximum Gasteiger partial charge on any atom is 0.142 e. The summed E-state index contributed by atoms with van der Waals surface area (Å²) >= 11 is 5.73. The molecule has 0 spiro atoms. The molecule has 104 valence electrons. The Morgan fingerprint density at radius 3 is 2.63 bits per heavy atom. The topological polar surface area (TPSA) is 38.5 Å². The predicted molar refractivity (Wildman–Crippen MR) is 72.7 cm³/mol. The average molecular weight is 285 g/mol. The van der Waals surface area contributed by atoms with E-state index in [9.17, 15) is 4.39 Å². The van der Waals surface area contributed by atoms with Crippen LogP contribution in [-0.4, -0.2) is 36.7 Å². The predicted octanol–water partition coefficient (Wildman–Crippen LogP) is 2.34. The molecule has 1 aromatic carbocycles. The highest BCUT2D eigenvalue weighted by molar-refractivity contribution is 6.30. The Morgan fingerprint density at radius 2 is 2.05 bits per heavy atom. The maximum absolute atomic E-state index is 13.6. The van der Waals surface area contributed by atoms with Crippen LogP contribution in [0.25, 0.3) is 0 Å². The van der Waals surface area contributed by atoms with E-state index in [-0.39, 0.29) is 16.9 Å². The number of fused-ring (bicyclic) bond motifs is 2. The number of halogens is 2. The lowest BCUT2D eigenvalue weighted by atomic mass is 10.0. The van der Waals surface area contributed by atoms with E-state index in [2.05, 4.69) is 4.90 Å². The van der Waals surface area contributed by atoms with Crippen molar-refractivity contribution in [2.75, 3.05) is 19.6 Å². The number of rotatable bonds is 3. The molecule has 0 aliphatic carbocycles. The largest absolute Gasteiger partial charge is 0.372 e. The number of nitrogens with zero attached hydrogens (tertiary/aromatic N) is 1. The Balaban J connectivity index is 1.81. The summed E-state index contributed by atoms with van der Waals surface area (Å²) in [6.07, 6.45) is 2.86. The van der Waals surface area contributed by atoms with Crippen molar-refractivity contribution in [1.82, 2.24) is 4.90 Å². The van der Waals surface area contributed by atoms with Crippen LogP contribution in [0, 0.1) is 5.82 Å². The van der Waals surface area contributed by atoms with E-state index in [0.29, 0.717) is 18.8 Å². The highest BCUT2D eigenvalue weighted by atomic mass is 35.5. The fraction of sp³-hybridized carbons (Fsp3) is 0.571. The molecule has 0 radical (unpaired) electrons. The summed E-state index contributed by atoms with van der Waals surface area (Å²) in [6, 6.07) is 5.00. The molecule has 3 nitrogen and oxygen atoms in total. The summed E-state index contributed by atoms with van der Waals surface area (Å²) in [4.78, 5) is 2.31. The highest BCUT2D eigenvalue weighted by Crippen LogP contribution is 2.32. The summed E-state index contributed by atoms with van der Waals surface area (Å²) in [6.45, 7) is 2.23. The van der Waals surface area contributed by atoms with Gasteiger partial charge in [0.25, 0.3) is 0 Å². The summed E-state index contributed by atoms with van der Waals surface area (Å²) < 4.78 is 19.4. The smallest absolute Gasteiger partial charge is 0.142 e. The van der Waals surface area contributed by atoms with Gasteiger partial charge in [-0.15, -0.1) is 0 Å². The molecule has 3 unspecified atom stereocenters. The van der Waals surface area contributed by atoms with Gasteiger partial charge in [-0.25, -0.2) is 4.39 Å². The van der Waals surface area contributed by atoms with Crippen molar-refractivity contribution in [2.24, 2.45) is 5.73 Å². The summed E-state index contributed by atoms with van der Waals surface area (Å²) in [5.74, 6) is -0.381. The van der Waals surface area contributed by atoms with Crippen LogP contribution in [0.15, 0.2) is 18.2 Å². The lowest BCUT2D eigenvalue weighted by Crippen LogP contribution is -2.46. The monoisotopic (exact) mass is 284 g/mol. The number of hydrogen-bond acceptors (Lipinski definition) is 3. The Bertz CT molecular complexity index is 459. The normalized spacial score (nSPS) is 28.6. The quantitative estimate of drug-likeness (QED) is 0.926. The van der Waals surface area contributed by atoms with Crippen molar-refractivity contribution in [3.05, 3.63) is 34.6 Å². The van der Waals surface area contributed by atoms with Gasteiger partial charge >= 0.3 is 0 Å². The summed E-state index contributed by atoms with van der Waals surface area (Å²) in [7, 11) is 0. The van der Waals surface area contributed by atoms with Crippen LogP contribution in [0.1, 0.15) is 24.4 Å². The van der Waals surface area contributed by atoms with Gasteiger partial charge in [0, 0.05) is 25.7 Å². The third kappa shape index (κ3) is 2.63. The molecular weight excluding hydrogens is 267 g/mol. The highest BCUT2D eigenvalue weighted by Gasteiger charge is 2.36. The lowest BCUT2D eigenvalue weighted by Gasteiger charge is -2.37. The van der Waals surface area contributed by atoms with Crippen LogP contribution < -0.4 is 5.73 Å². The zero-order valence-electron chi connectivity index (χ0n) is 10.7. The average Bonchev–Trinajstić information content (AvgIpc) is 2.74. The van der Waals surface area contributed by atoms with Gasteiger partial charge in [0.1, 0.15) is 5.82 Å². The van der Waals surface area contributed by atoms with Gasteiger partial charge in [-0.3, -0.25) is 4.90 Å². The van der Waals surface area contributed by atoms with Crippen molar-refractivity contribution in [1.29, 1.82) is 0 Å². The van der Waals surface area contributed by atoms with Crippen molar-refractivity contribution in [3.63, 3.8) is 0 Å². The van der Waals surface area contributed by atoms with E-state index in [4.69, 9.17) is 22.1 Å². The van der Waals surface area contributed by atoms with Crippen molar-refractivity contribution >= 4 is 11.6 Å². The Morgan fingerprint density at radius 1 is 1.37 bits per heavy atom. The molecule has 2 aliphatic rings. The lowest BCUT2D eigenvalue weighted by molar-refractivity contribution is -0.0521. The molecule has 5 heteroatoms. The van der Waals surface area contributed by atoms with Crippen molar-refractivity contribution in [3.8, 4) is 0 Å². The van der Waals surface area contributed by atoms with Gasteiger partial charge in [0.15, 0.2) is 0 Å². The minimum Gasteiger partial charge on any atom is -0.372 e. The minimum atomic E-state index is -0.381. The second-order valence-electron chi connectivity index (χ2n) is 5.34. The molecule has 2 saturated heterocycles. The number of ether oxygens (including phenoxy) is 1. The molecule has 1 aromatic rings. The van der Waals surface area contributed by atoms with Crippen LogP contribution in [0.5, 0.6) is 0 Å². The molecule has 3 rings (SSSR count). The van der Waals surface area contributed by atoms with E-state index in [0.717, 1.165) is 31.5 Å². The first-order valence-corrected chi connectivity index (χ1v) is 7.09. The molecule has 0 amide bonds. The standard InChI is InChI=1S/C14H18ClFN2O/c15-12-4-1-9(5-13(12)16)14(6-17)18-7-10-2-3-11(8-18)19-10/h1,4-5,10-11,14H,2-3,6-8,17H2. The van der Waals surface area contributed by atoms with Crippen LogP contribution in [0.2, 0.25) is 5.02 Å². The molecule has 2 fully saturated rings. The Labute approximate surface area is 117 Å². The molecule has 0 saturated carbocycles. The van der Waals surface area contributed by atoms with Crippen LogP contribution in [0.4, 0.5) is 4.39 Å². The zero-order chi connectivity index (χ0) is 13.4.